The molecule has 0 unspecified atom stereocenters. The van der Waals surface area contributed by atoms with Crippen molar-refractivity contribution in [1.82, 2.24) is 0 Å². The van der Waals surface area contributed by atoms with Gasteiger partial charge in [-0.05, 0) is 29.8 Å². The van der Waals surface area contributed by atoms with Crippen LogP contribution in [-0.4, -0.2) is 0 Å². The Hall–Kier alpha value is -1.96. The molecule has 0 aromatic heterocycles. The van der Waals surface area contributed by atoms with Crippen molar-refractivity contribution in [2.45, 2.75) is 0 Å². The third-order valence-corrected chi connectivity index (χ3v) is 3.56. The highest BCUT2D eigenvalue weighted by atomic mass is 35.5. The highest BCUT2D eigenvalue weighted by molar-refractivity contribution is 6.36. The number of benzene rings is 3. The molecule has 0 amide bonds. The monoisotopic (exact) mass is 314 g/mol. The van der Waals surface area contributed by atoms with Crippen LogP contribution in [0.5, 0.6) is 11.5 Å². The van der Waals surface area contributed by atoms with Crippen LogP contribution in [0.1, 0.15) is 0 Å². The van der Waals surface area contributed by atoms with Crippen LogP contribution in [0.25, 0.3) is 11.1 Å². The highest BCUT2D eigenvalue weighted by Gasteiger charge is 2.13. The van der Waals surface area contributed by atoms with Crippen LogP contribution in [0.15, 0.2) is 72.8 Å². The highest BCUT2D eigenvalue weighted by Crippen LogP contribution is 2.41. The number of halogens is 2. The van der Waals surface area contributed by atoms with Crippen LogP contribution in [0.4, 0.5) is 0 Å². The lowest BCUT2D eigenvalue weighted by molar-refractivity contribution is 0.485. The number of ether oxygens (including phenoxy) is 1. The predicted molar refractivity (Wildman–Crippen MR) is 88.4 cm³/mol. The third kappa shape index (κ3) is 3.21. The zero-order chi connectivity index (χ0) is 14.7. The first kappa shape index (κ1) is 14.0. The Morgan fingerprint density at radius 2 is 1.33 bits per heavy atom. The van der Waals surface area contributed by atoms with Gasteiger partial charge in [0, 0.05) is 10.6 Å². The van der Waals surface area contributed by atoms with Crippen molar-refractivity contribution in [3.63, 3.8) is 0 Å². The molecule has 0 fully saturated rings. The first-order valence-electron chi connectivity index (χ1n) is 6.51. The number of rotatable bonds is 3. The van der Waals surface area contributed by atoms with E-state index in [1.807, 2.05) is 66.7 Å². The van der Waals surface area contributed by atoms with Crippen LogP contribution in [0.3, 0.4) is 0 Å². The summed E-state index contributed by atoms with van der Waals surface area (Å²) in [6.07, 6.45) is 0. The van der Waals surface area contributed by atoms with Crippen LogP contribution < -0.4 is 4.74 Å². The van der Waals surface area contributed by atoms with Crippen molar-refractivity contribution in [2.75, 3.05) is 0 Å². The van der Waals surface area contributed by atoms with E-state index in [0.717, 1.165) is 16.9 Å². The maximum atomic E-state index is 6.33. The van der Waals surface area contributed by atoms with E-state index in [1.165, 1.54) is 0 Å². The Bertz CT molecular complexity index is 740. The SMILES string of the molecule is Clc1cc(Cl)c(Oc2ccccc2)c(-c2ccccc2)c1. The van der Waals surface area contributed by atoms with E-state index in [0.29, 0.717) is 15.8 Å². The molecule has 1 nitrogen and oxygen atoms in total. The van der Waals surface area contributed by atoms with Gasteiger partial charge in [-0.15, -0.1) is 0 Å². The molecule has 21 heavy (non-hydrogen) atoms. The van der Waals surface area contributed by atoms with Gasteiger partial charge in [0.2, 0.25) is 0 Å². The van der Waals surface area contributed by atoms with Gasteiger partial charge in [0.05, 0.1) is 5.02 Å². The summed E-state index contributed by atoms with van der Waals surface area (Å²) in [5.74, 6) is 1.34. The fourth-order valence-electron chi connectivity index (χ4n) is 2.10. The Labute approximate surface area is 133 Å². The molecule has 104 valence electrons. The Morgan fingerprint density at radius 3 is 2.00 bits per heavy atom. The standard InChI is InChI=1S/C18H12Cl2O/c19-14-11-16(13-7-3-1-4-8-13)18(17(20)12-14)21-15-9-5-2-6-10-15/h1-12H. The summed E-state index contributed by atoms with van der Waals surface area (Å²) in [5.41, 5.74) is 1.88. The van der Waals surface area contributed by atoms with Crippen molar-refractivity contribution >= 4 is 23.2 Å². The number of para-hydroxylation sites is 1. The van der Waals surface area contributed by atoms with E-state index in [1.54, 1.807) is 6.07 Å². The average molecular weight is 315 g/mol. The maximum absolute atomic E-state index is 6.33. The molecule has 0 saturated carbocycles. The van der Waals surface area contributed by atoms with Gasteiger partial charge in [-0.3, -0.25) is 0 Å². The molecular formula is C18H12Cl2O. The molecule has 0 heterocycles. The van der Waals surface area contributed by atoms with Gasteiger partial charge in [-0.1, -0.05) is 71.7 Å². The van der Waals surface area contributed by atoms with Crippen LogP contribution >= 0.6 is 23.2 Å². The average Bonchev–Trinajstić information content (AvgIpc) is 2.51. The minimum absolute atomic E-state index is 0.491. The minimum Gasteiger partial charge on any atom is -0.455 e. The normalized spacial score (nSPS) is 10.4. The molecule has 3 aromatic rings. The van der Waals surface area contributed by atoms with Crippen LogP contribution in [0.2, 0.25) is 10.0 Å². The van der Waals surface area contributed by atoms with Gasteiger partial charge in [-0.25, -0.2) is 0 Å². The van der Waals surface area contributed by atoms with Crippen molar-refractivity contribution in [2.24, 2.45) is 0 Å². The first-order valence-corrected chi connectivity index (χ1v) is 7.27. The predicted octanol–water partition coefficient (Wildman–Crippen LogP) is 6.45. The molecule has 0 saturated heterocycles. The Kier molecular flexibility index (Phi) is 4.14. The van der Waals surface area contributed by atoms with Gasteiger partial charge in [0.1, 0.15) is 5.75 Å². The summed E-state index contributed by atoms with van der Waals surface area (Å²) in [6, 6.07) is 23.0. The summed E-state index contributed by atoms with van der Waals surface area (Å²) >= 11 is 12.5. The second-order valence-electron chi connectivity index (χ2n) is 4.55. The van der Waals surface area contributed by atoms with E-state index in [9.17, 15) is 0 Å². The van der Waals surface area contributed by atoms with E-state index in [2.05, 4.69) is 0 Å². The fourth-order valence-corrected chi connectivity index (χ4v) is 2.63. The van der Waals surface area contributed by atoms with Gasteiger partial charge in [0.15, 0.2) is 5.75 Å². The minimum atomic E-state index is 0.491. The summed E-state index contributed by atoms with van der Waals surface area (Å²) in [5, 5.41) is 1.07. The zero-order valence-corrected chi connectivity index (χ0v) is 12.6. The lowest BCUT2D eigenvalue weighted by Gasteiger charge is -2.14. The smallest absolute Gasteiger partial charge is 0.153 e. The van der Waals surface area contributed by atoms with E-state index in [-0.39, 0.29) is 0 Å². The van der Waals surface area contributed by atoms with Crippen molar-refractivity contribution in [1.29, 1.82) is 0 Å². The number of hydrogen-bond acceptors (Lipinski definition) is 1. The molecule has 3 aromatic carbocycles. The molecule has 0 N–H and O–H groups in total. The topological polar surface area (TPSA) is 9.23 Å². The maximum Gasteiger partial charge on any atom is 0.153 e. The molecule has 0 bridgehead atoms. The second kappa shape index (κ2) is 6.21. The molecule has 0 aliphatic carbocycles. The molecule has 0 aliphatic rings. The molecule has 3 rings (SSSR count). The van der Waals surface area contributed by atoms with Gasteiger partial charge in [0.25, 0.3) is 0 Å². The largest absolute Gasteiger partial charge is 0.455 e. The van der Waals surface area contributed by atoms with Crippen molar-refractivity contribution in [3.05, 3.63) is 82.8 Å². The fraction of sp³-hybridized carbons (Fsp3) is 0. The quantitative estimate of drug-likeness (QED) is 0.539. The van der Waals surface area contributed by atoms with Gasteiger partial charge >= 0.3 is 0 Å². The van der Waals surface area contributed by atoms with Crippen LogP contribution in [-0.2, 0) is 0 Å². The lowest BCUT2D eigenvalue weighted by Crippen LogP contribution is -1.90. The van der Waals surface area contributed by atoms with Gasteiger partial charge in [-0.2, -0.15) is 0 Å². The van der Waals surface area contributed by atoms with E-state index in [4.69, 9.17) is 27.9 Å². The molecule has 0 atom stereocenters. The zero-order valence-electron chi connectivity index (χ0n) is 11.1. The number of hydrogen-bond donors (Lipinski definition) is 0. The third-order valence-electron chi connectivity index (χ3n) is 3.06. The summed E-state index contributed by atoms with van der Waals surface area (Å²) in [4.78, 5) is 0. The second-order valence-corrected chi connectivity index (χ2v) is 5.39. The molecular weight excluding hydrogens is 303 g/mol. The summed E-state index contributed by atoms with van der Waals surface area (Å²) in [7, 11) is 0. The molecule has 0 spiro atoms. The van der Waals surface area contributed by atoms with Crippen LogP contribution in [0, 0.1) is 0 Å². The van der Waals surface area contributed by atoms with E-state index >= 15 is 0 Å². The first-order chi connectivity index (χ1) is 10.2. The summed E-state index contributed by atoms with van der Waals surface area (Å²) < 4.78 is 5.96. The molecule has 3 heteroatoms. The Morgan fingerprint density at radius 1 is 0.714 bits per heavy atom. The van der Waals surface area contributed by atoms with Crippen molar-refractivity contribution in [3.8, 4) is 22.6 Å². The molecule has 0 radical (unpaired) electrons. The van der Waals surface area contributed by atoms with Gasteiger partial charge < -0.3 is 4.74 Å². The Balaban J connectivity index is 2.11. The van der Waals surface area contributed by atoms with E-state index < -0.39 is 0 Å². The summed E-state index contributed by atoms with van der Waals surface area (Å²) in [6.45, 7) is 0. The van der Waals surface area contributed by atoms with Crippen molar-refractivity contribution < 1.29 is 4.74 Å². The molecule has 0 aliphatic heterocycles. The lowest BCUT2D eigenvalue weighted by atomic mass is 10.0.